The van der Waals surface area contributed by atoms with Gasteiger partial charge in [-0.25, -0.2) is 0 Å². The molecule has 2 atom stereocenters. The summed E-state index contributed by atoms with van der Waals surface area (Å²) in [5.74, 6) is 2.38. The zero-order valence-electron chi connectivity index (χ0n) is 14.2. The molecule has 0 aromatic heterocycles. The van der Waals surface area contributed by atoms with Gasteiger partial charge in [-0.2, -0.15) is 0 Å². The second-order valence-electron chi connectivity index (χ2n) is 6.37. The van der Waals surface area contributed by atoms with E-state index in [1.807, 2.05) is 32.9 Å². The maximum atomic E-state index is 12.1. The molecule has 6 nitrogen and oxygen atoms in total. The Morgan fingerprint density at radius 2 is 1.96 bits per heavy atom. The number of rotatable bonds is 7. The predicted octanol–water partition coefficient (Wildman–Crippen LogP) is 1.84. The van der Waals surface area contributed by atoms with Crippen LogP contribution in [0.1, 0.15) is 32.8 Å². The molecule has 128 valence electrons. The van der Waals surface area contributed by atoms with Crippen molar-refractivity contribution in [2.75, 3.05) is 13.9 Å². The average molecular weight is 322 g/mol. The Hall–Kier alpha value is -1.95. The summed E-state index contributed by atoms with van der Waals surface area (Å²) < 4.78 is 16.1. The number of benzene rings is 1. The van der Waals surface area contributed by atoms with Crippen LogP contribution in [-0.4, -0.2) is 31.9 Å². The third-order valence-electron chi connectivity index (χ3n) is 3.75. The van der Waals surface area contributed by atoms with E-state index in [2.05, 4.69) is 5.32 Å². The molecule has 1 aromatic rings. The highest BCUT2D eigenvalue weighted by atomic mass is 16.7. The summed E-state index contributed by atoms with van der Waals surface area (Å²) in [7, 11) is 1.61. The van der Waals surface area contributed by atoms with Crippen LogP contribution in [0.3, 0.4) is 0 Å². The Kier molecular flexibility index (Phi) is 5.71. The van der Waals surface area contributed by atoms with Crippen LogP contribution < -0.4 is 25.3 Å². The minimum absolute atomic E-state index is 0.0602. The molecule has 0 radical (unpaired) electrons. The third kappa shape index (κ3) is 4.51. The number of nitrogens with one attached hydrogen (secondary N) is 1. The molecule has 2 rings (SSSR count). The van der Waals surface area contributed by atoms with Gasteiger partial charge in [0, 0.05) is 17.7 Å². The Morgan fingerprint density at radius 1 is 1.30 bits per heavy atom. The molecule has 1 amide bonds. The van der Waals surface area contributed by atoms with Crippen LogP contribution in [-0.2, 0) is 11.2 Å². The normalized spacial score (nSPS) is 15.4. The van der Waals surface area contributed by atoms with Gasteiger partial charge in [0.1, 0.15) is 5.75 Å². The third-order valence-corrected chi connectivity index (χ3v) is 3.75. The Balaban J connectivity index is 2.00. The van der Waals surface area contributed by atoms with Crippen molar-refractivity contribution >= 4 is 5.91 Å². The molecule has 0 aliphatic carbocycles. The topological polar surface area (TPSA) is 82.8 Å². The molecule has 0 spiro atoms. The summed E-state index contributed by atoms with van der Waals surface area (Å²) in [5.41, 5.74) is 6.88. The zero-order valence-corrected chi connectivity index (χ0v) is 14.2. The van der Waals surface area contributed by atoms with Gasteiger partial charge in [0.05, 0.1) is 13.2 Å². The van der Waals surface area contributed by atoms with E-state index in [1.54, 1.807) is 7.11 Å². The number of hydrogen-bond donors (Lipinski definition) is 2. The molecule has 23 heavy (non-hydrogen) atoms. The highest BCUT2D eigenvalue weighted by Gasteiger charge is 2.21. The molecule has 0 fully saturated rings. The predicted molar refractivity (Wildman–Crippen MR) is 87.9 cm³/mol. The van der Waals surface area contributed by atoms with Gasteiger partial charge in [0.2, 0.25) is 12.7 Å². The lowest BCUT2D eigenvalue weighted by atomic mass is 10.0. The van der Waals surface area contributed by atoms with Crippen LogP contribution >= 0.6 is 0 Å². The van der Waals surface area contributed by atoms with Gasteiger partial charge in [-0.3, -0.25) is 4.79 Å². The maximum Gasteiger partial charge on any atom is 0.237 e. The first kappa shape index (κ1) is 17.4. The Bertz CT molecular complexity index is 560. The van der Waals surface area contributed by atoms with Gasteiger partial charge in [-0.15, -0.1) is 0 Å². The first-order valence-electron chi connectivity index (χ1n) is 7.93. The summed E-state index contributed by atoms with van der Waals surface area (Å²) in [6.45, 7) is 6.27. The van der Waals surface area contributed by atoms with Gasteiger partial charge >= 0.3 is 0 Å². The number of nitrogens with two attached hydrogens (primary N) is 1. The standard InChI is InChI=1S/C17H26N2O4/c1-10(2)5-13(18)17(20)19-11(3)6-12-7-15-16(23-9-22-15)8-14(12)21-4/h7-8,10-11,13H,5-6,9,18H2,1-4H3,(H,19,20). The quantitative estimate of drug-likeness (QED) is 0.800. The second kappa shape index (κ2) is 7.55. The molecule has 0 saturated heterocycles. The van der Waals surface area contributed by atoms with E-state index in [0.29, 0.717) is 30.3 Å². The summed E-state index contributed by atoms with van der Waals surface area (Å²) in [5, 5.41) is 2.96. The molecule has 1 heterocycles. The molecular weight excluding hydrogens is 296 g/mol. The summed E-state index contributed by atoms with van der Waals surface area (Å²) in [4.78, 5) is 12.1. The van der Waals surface area contributed by atoms with Crippen molar-refractivity contribution in [2.45, 2.75) is 45.7 Å². The fraction of sp³-hybridized carbons (Fsp3) is 0.588. The molecule has 1 aliphatic heterocycles. The van der Waals surface area contributed by atoms with Crippen molar-refractivity contribution in [3.63, 3.8) is 0 Å². The van der Waals surface area contributed by atoms with Crippen LogP contribution in [0.2, 0.25) is 0 Å². The fourth-order valence-electron chi connectivity index (χ4n) is 2.66. The van der Waals surface area contributed by atoms with Gasteiger partial charge in [0.15, 0.2) is 11.5 Å². The summed E-state index contributed by atoms with van der Waals surface area (Å²) in [6, 6.07) is 3.18. The molecule has 1 aromatic carbocycles. The number of amides is 1. The van der Waals surface area contributed by atoms with E-state index in [4.69, 9.17) is 19.9 Å². The van der Waals surface area contributed by atoms with E-state index in [1.165, 1.54) is 0 Å². The minimum atomic E-state index is -0.476. The highest BCUT2D eigenvalue weighted by molar-refractivity contribution is 5.81. The number of carbonyl (C=O) groups is 1. The molecule has 0 saturated carbocycles. The van der Waals surface area contributed by atoms with E-state index >= 15 is 0 Å². The number of carbonyl (C=O) groups excluding carboxylic acids is 1. The molecule has 6 heteroatoms. The number of fused-ring (bicyclic) bond motifs is 1. The largest absolute Gasteiger partial charge is 0.496 e. The van der Waals surface area contributed by atoms with Crippen LogP contribution in [0.25, 0.3) is 0 Å². The monoisotopic (exact) mass is 322 g/mol. The van der Waals surface area contributed by atoms with Crippen LogP contribution in [0, 0.1) is 5.92 Å². The van der Waals surface area contributed by atoms with Crippen molar-refractivity contribution in [3.8, 4) is 17.2 Å². The van der Waals surface area contributed by atoms with E-state index in [0.717, 1.165) is 11.3 Å². The number of ether oxygens (including phenoxy) is 3. The first-order chi connectivity index (χ1) is 10.9. The molecule has 3 N–H and O–H groups in total. The highest BCUT2D eigenvalue weighted by Crippen LogP contribution is 2.38. The lowest BCUT2D eigenvalue weighted by Crippen LogP contribution is -2.45. The number of methoxy groups -OCH3 is 1. The smallest absolute Gasteiger partial charge is 0.237 e. The van der Waals surface area contributed by atoms with Gasteiger partial charge < -0.3 is 25.3 Å². The van der Waals surface area contributed by atoms with Crippen molar-refractivity contribution in [1.82, 2.24) is 5.32 Å². The first-order valence-corrected chi connectivity index (χ1v) is 7.93. The van der Waals surface area contributed by atoms with Crippen molar-refractivity contribution in [3.05, 3.63) is 17.7 Å². The van der Waals surface area contributed by atoms with Gasteiger partial charge in [-0.1, -0.05) is 13.8 Å². The molecule has 1 aliphatic rings. The van der Waals surface area contributed by atoms with Crippen molar-refractivity contribution < 1.29 is 19.0 Å². The summed E-state index contributed by atoms with van der Waals surface area (Å²) in [6.07, 6.45) is 1.30. The van der Waals surface area contributed by atoms with Crippen molar-refractivity contribution in [1.29, 1.82) is 0 Å². The molecule has 2 unspecified atom stereocenters. The minimum Gasteiger partial charge on any atom is -0.496 e. The van der Waals surface area contributed by atoms with Crippen LogP contribution in [0.4, 0.5) is 0 Å². The fourth-order valence-corrected chi connectivity index (χ4v) is 2.66. The van der Waals surface area contributed by atoms with Crippen LogP contribution in [0.5, 0.6) is 17.2 Å². The lowest BCUT2D eigenvalue weighted by Gasteiger charge is -2.20. The van der Waals surface area contributed by atoms with E-state index < -0.39 is 6.04 Å². The molecular formula is C17H26N2O4. The van der Waals surface area contributed by atoms with Crippen LogP contribution in [0.15, 0.2) is 12.1 Å². The Labute approximate surface area is 137 Å². The van der Waals surface area contributed by atoms with Gasteiger partial charge in [0.25, 0.3) is 0 Å². The average Bonchev–Trinajstić information content (AvgIpc) is 2.92. The van der Waals surface area contributed by atoms with E-state index in [-0.39, 0.29) is 18.7 Å². The lowest BCUT2D eigenvalue weighted by molar-refractivity contribution is -0.123. The SMILES string of the molecule is COc1cc2c(cc1CC(C)NC(=O)C(N)CC(C)C)OCO2. The van der Waals surface area contributed by atoms with Crippen molar-refractivity contribution in [2.24, 2.45) is 11.7 Å². The zero-order chi connectivity index (χ0) is 17.0. The molecule has 0 bridgehead atoms. The maximum absolute atomic E-state index is 12.1. The van der Waals surface area contributed by atoms with Gasteiger partial charge in [-0.05, 0) is 31.7 Å². The summed E-state index contributed by atoms with van der Waals surface area (Å²) >= 11 is 0. The van der Waals surface area contributed by atoms with E-state index in [9.17, 15) is 4.79 Å². The Morgan fingerprint density at radius 3 is 2.57 bits per heavy atom. The number of hydrogen-bond acceptors (Lipinski definition) is 5. The second-order valence-corrected chi connectivity index (χ2v) is 6.37.